The van der Waals surface area contributed by atoms with Crippen LogP contribution >= 0.6 is 15.9 Å². The molecule has 0 aliphatic carbocycles. The number of hydrogen-bond donors (Lipinski definition) is 1. The van der Waals surface area contributed by atoms with Crippen LogP contribution in [-0.4, -0.2) is 37.7 Å². The van der Waals surface area contributed by atoms with E-state index in [2.05, 4.69) is 20.9 Å². The molecule has 1 heterocycles. The molecule has 1 aliphatic heterocycles. The van der Waals surface area contributed by atoms with Gasteiger partial charge in [0.15, 0.2) is 5.96 Å². The third kappa shape index (κ3) is 2.64. The molecule has 6 heteroatoms. The van der Waals surface area contributed by atoms with Gasteiger partial charge in [0, 0.05) is 13.7 Å². The Morgan fingerprint density at radius 2 is 2.39 bits per heavy atom. The number of methoxy groups -OCH3 is 1. The van der Waals surface area contributed by atoms with Crippen LogP contribution in [0.3, 0.4) is 0 Å². The molecule has 0 spiro atoms. The molecule has 98 valence electrons. The summed E-state index contributed by atoms with van der Waals surface area (Å²) in [6.07, 6.45) is 0. The standard InChI is InChI=1S/C12H15BrFN3O/c1-18-5-4-17-11(7-16-12(17)15)8-2-3-9(13)10(14)6-8/h2-3,6,11H,4-5,7H2,1H3,(H2,15,16). The van der Waals surface area contributed by atoms with Crippen LogP contribution in [0.1, 0.15) is 11.6 Å². The van der Waals surface area contributed by atoms with Gasteiger partial charge in [0.2, 0.25) is 0 Å². The first kappa shape index (κ1) is 13.3. The summed E-state index contributed by atoms with van der Waals surface area (Å²) < 4.78 is 19.1. The van der Waals surface area contributed by atoms with Gasteiger partial charge in [-0.15, -0.1) is 0 Å². The molecule has 1 aromatic carbocycles. The summed E-state index contributed by atoms with van der Waals surface area (Å²) in [5, 5.41) is 0. The van der Waals surface area contributed by atoms with E-state index in [1.54, 1.807) is 13.2 Å². The number of hydrogen-bond acceptors (Lipinski definition) is 4. The maximum atomic E-state index is 13.6. The molecule has 0 saturated heterocycles. The van der Waals surface area contributed by atoms with Gasteiger partial charge in [0.05, 0.1) is 23.7 Å². The van der Waals surface area contributed by atoms with E-state index in [4.69, 9.17) is 10.5 Å². The Morgan fingerprint density at radius 1 is 1.61 bits per heavy atom. The van der Waals surface area contributed by atoms with Crippen LogP contribution in [0.4, 0.5) is 4.39 Å². The first-order valence-corrected chi connectivity index (χ1v) is 6.43. The molecule has 1 aromatic rings. The Hall–Kier alpha value is -1.14. The van der Waals surface area contributed by atoms with Crippen molar-refractivity contribution in [2.75, 3.05) is 26.8 Å². The topological polar surface area (TPSA) is 50.9 Å². The Bertz CT molecular complexity index is 467. The SMILES string of the molecule is COCCN1C(N)=NCC1c1ccc(Br)c(F)c1. The van der Waals surface area contributed by atoms with Crippen molar-refractivity contribution in [3.05, 3.63) is 34.1 Å². The fourth-order valence-corrected chi connectivity index (χ4v) is 2.24. The molecule has 0 fully saturated rings. The lowest BCUT2D eigenvalue weighted by Gasteiger charge is -2.26. The molecule has 1 aliphatic rings. The normalized spacial score (nSPS) is 19.2. The van der Waals surface area contributed by atoms with Crippen molar-refractivity contribution >= 4 is 21.9 Å². The molecule has 1 atom stereocenters. The van der Waals surface area contributed by atoms with Crippen LogP contribution in [0.5, 0.6) is 0 Å². The van der Waals surface area contributed by atoms with E-state index in [0.29, 0.717) is 30.1 Å². The van der Waals surface area contributed by atoms with Gasteiger partial charge in [0.1, 0.15) is 5.82 Å². The van der Waals surface area contributed by atoms with Crippen molar-refractivity contribution in [1.29, 1.82) is 0 Å². The Balaban J connectivity index is 2.19. The van der Waals surface area contributed by atoms with E-state index in [9.17, 15) is 4.39 Å². The molecular formula is C12H15BrFN3O. The predicted octanol–water partition coefficient (Wildman–Crippen LogP) is 1.91. The van der Waals surface area contributed by atoms with Gasteiger partial charge >= 0.3 is 0 Å². The second-order valence-electron chi connectivity index (χ2n) is 4.07. The van der Waals surface area contributed by atoms with E-state index in [1.165, 1.54) is 6.07 Å². The lowest BCUT2D eigenvalue weighted by atomic mass is 10.1. The van der Waals surface area contributed by atoms with Gasteiger partial charge in [0.25, 0.3) is 0 Å². The maximum absolute atomic E-state index is 13.6. The molecular weight excluding hydrogens is 301 g/mol. The van der Waals surface area contributed by atoms with Crippen LogP contribution in [0.25, 0.3) is 0 Å². The van der Waals surface area contributed by atoms with E-state index < -0.39 is 0 Å². The van der Waals surface area contributed by atoms with Crippen molar-refractivity contribution in [3.63, 3.8) is 0 Å². The van der Waals surface area contributed by atoms with Gasteiger partial charge in [-0.1, -0.05) is 6.07 Å². The molecule has 2 N–H and O–H groups in total. The first-order chi connectivity index (χ1) is 8.63. The third-order valence-electron chi connectivity index (χ3n) is 2.96. The zero-order valence-electron chi connectivity index (χ0n) is 10.1. The van der Waals surface area contributed by atoms with E-state index in [0.717, 1.165) is 5.56 Å². The number of rotatable bonds is 4. The number of ether oxygens (including phenoxy) is 1. The fraction of sp³-hybridized carbons (Fsp3) is 0.417. The maximum Gasteiger partial charge on any atom is 0.192 e. The summed E-state index contributed by atoms with van der Waals surface area (Å²) in [5.41, 5.74) is 6.70. The van der Waals surface area contributed by atoms with Crippen LogP contribution in [-0.2, 0) is 4.74 Å². The van der Waals surface area contributed by atoms with E-state index >= 15 is 0 Å². The van der Waals surface area contributed by atoms with E-state index in [-0.39, 0.29) is 11.9 Å². The van der Waals surface area contributed by atoms with Gasteiger partial charge in [-0.2, -0.15) is 0 Å². The zero-order valence-corrected chi connectivity index (χ0v) is 11.7. The van der Waals surface area contributed by atoms with Crippen LogP contribution in [0, 0.1) is 5.82 Å². The molecule has 2 rings (SSSR count). The van der Waals surface area contributed by atoms with Gasteiger partial charge in [-0.05, 0) is 33.6 Å². The van der Waals surface area contributed by atoms with Crippen molar-refractivity contribution in [2.24, 2.45) is 10.7 Å². The summed E-state index contributed by atoms with van der Waals surface area (Å²) >= 11 is 3.14. The summed E-state index contributed by atoms with van der Waals surface area (Å²) in [4.78, 5) is 6.15. The van der Waals surface area contributed by atoms with Crippen LogP contribution in [0.2, 0.25) is 0 Å². The average Bonchev–Trinajstić information content (AvgIpc) is 2.72. The zero-order chi connectivity index (χ0) is 13.1. The summed E-state index contributed by atoms with van der Waals surface area (Å²) in [7, 11) is 1.64. The second kappa shape index (κ2) is 5.67. The molecule has 4 nitrogen and oxygen atoms in total. The number of nitrogens with zero attached hydrogens (tertiary/aromatic N) is 2. The molecule has 0 aromatic heterocycles. The predicted molar refractivity (Wildman–Crippen MR) is 71.9 cm³/mol. The number of benzene rings is 1. The Labute approximate surface area is 114 Å². The van der Waals surface area contributed by atoms with Crippen molar-refractivity contribution in [3.8, 4) is 0 Å². The smallest absolute Gasteiger partial charge is 0.192 e. The minimum Gasteiger partial charge on any atom is -0.383 e. The number of guanidine groups is 1. The summed E-state index contributed by atoms with van der Waals surface area (Å²) in [6.45, 7) is 1.76. The van der Waals surface area contributed by atoms with Crippen LogP contribution < -0.4 is 5.73 Å². The number of aliphatic imine (C=N–C) groups is 1. The van der Waals surface area contributed by atoms with Crippen molar-refractivity contribution < 1.29 is 9.13 Å². The first-order valence-electron chi connectivity index (χ1n) is 5.64. The molecule has 18 heavy (non-hydrogen) atoms. The quantitative estimate of drug-likeness (QED) is 0.923. The van der Waals surface area contributed by atoms with Crippen LogP contribution in [0.15, 0.2) is 27.7 Å². The average molecular weight is 316 g/mol. The molecule has 0 radical (unpaired) electrons. The highest BCUT2D eigenvalue weighted by atomic mass is 79.9. The third-order valence-corrected chi connectivity index (χ3v) is 3.60. The lowest BCUT2D eigenvalue weighted by molar-refractivity contribution is 0.166. The Kier molecular flexibility index (Phi) is 4.19. The second-order valence-corrected chi connectivity index (χ2v) is 4.93. The molecule has 0 saturated carbocycles. The minimum atomic E-state index is -0.273. The van der Waals surface area contributed by atoms with Gasteiger partial charge < -0.3 is 15.4 Å². The van der Waals surface area contributed by atoms with Gasteiger partial charge in [-0.25, -0.2) is 4.39 Å². The monoisotopic (exact) mass is 315 g/mol. The minimum absolute atomic E-state index is 0.0113. The molecule has 1 unspecified atom stereocenters. The lowest BCUT2D eigenvalue weighted by Crippen LogP contribution is -2.38. The highest BCUT2D eigenvalue weighted by molar-refractivity contribution is 9.10. The number of nitrogens with two attached hydrogens (primary N) is 1. The Morgan fingerprint density at radius 3 is 3.06 bits per heavy atom. The molecule has 0 bridgehead atoms. The largest absolute Gasteiger partial charge is 0.383 e. The summed E-state index contributed by atoms with van der Waals surface area (Å²) in [5.74, 6) is 0.213. The highest BCUT2D eigenvalue weighted by Gasteiger charge is 2.27. The van der Waals surface area contributed by atoms with E-state index in [1.807, 2.05) is 11.0 Å². The number of halogens is 2. The van der Waals surface area contributed by atoms with Gasteiger partial charge in [-0.3, -0.25) is 4.99 Å². The highest BCUT2D eigenvalue weighted by Crippen LogP contribution is 2.27. The summed E-state index contributed by atoms with van der Waals surface area (Å²) in [6, 6.07) is 5.09. The molecule has 0 amide bonds. The van der Waals surface area contributed by atoms with Crippen molar-refractivity contribution in [1.82, 2.24) is 4.90 Å². The fourth-order valence-electron chi connectivity index (χ4n) is 1.99. The van der Waals surface area contributed by atoms with Crippen molar-refractivity contribution in [2.45, 2.75) is 6.04 Å².